The van der Waals surface area contributed by atoms with Crippen LogP contribution >= 0.6 is 0 Å². The number of aromatic nitrogens is 1. The number of hydrogen-bond donors (Lipinski definition) is 1. The van der Waals surface area contributed by atoms with Crippen LogP contribution in [0, 0.1) is 0 Å². The molecule has 1 aliphatic rings. The fourth-order valence-electron chi connectivity index (χ4n) is 2.47. The highest BCUT2D eigenvalue weighted by Crippen LogP contribution is 2.30. The van der Waals surface area contributed by atoms with Gasteiger partial charge >= 0.3 is 0 Å². The van der Waals surface area contributed by atoms with Crippen molar-refractivity contribution in [3.63, 3.8) is 0 Å². The van der Waals surface area contributed by atoms with Crippen molar-refractivity contribution in [2.24, 2.45) is 5.73 Å². The zero-order valence-electron chi connectivity index (χ0n) is 10.4. The molecule has 0 spiro atoms. The molecule has 1 unspecified atom stereocenters. The smallest absolute Gasteiger partial charge is 0.226 e. The standard InChI is InChI=1S/C14H20N2O/c1-2-3-6-11-9-8-10-5-4-7-12(14(15)17)13(10)16-11/h8-9,12H,2-7H2,1H3,(H2,15,17). The van der Waals surface area contributed by atoms with Crippen LogP contribution < -0.4 is 5.73 Å². The van der Waals surface area contributed by atoms with Crippen molar-refractivity contribution in [2.45, 2.75) is 51.4 Å². The lowest BCUT2D eigenvalue weighted by atomic mass is 9.86. The second kappa shape index (κ2) is 5.30. The van der Waals surface area contributed by atoms with E-state index in [-0.39, 0.29) is 11.8 Å². The molecule has 3 heteroatoms. The van der Waals surface area contributed by atoms with Gasteiger partial charge < -0.3 is 5.73 Å². The number of hydrogen-bond acceptors (Lipinski definition) is 2. The Labute approximate surface area is 102 Å². The zero-order chi connectivity index (χ0) is 12.3. The molecule has 3 nitrogen and oxygen atoms in total. The fourth-order valence-corrected chi connectivity index (χ4v) is 2.47. The van der Waals surface area contributed by atoms with Crippen molar-refractivity contribution in [2.75, 3.05) is 0 Å². The van der Waals surface area contributed by atoms with Crippen LogP contribution in [0.2, 0.25) is 0 Å². The number of fused-ring (bicyclic) bond motifs is 1. The van der Waals surface area contributed by atoms with E-state index in [4.69, 9.17) is 5.73 Å². The molecule has 1 heterocycles. The van der Waals surface area contributed by atoms with E-state index in [1.165, 1.54) is 5.56 Å². The maximum absolute atomic E-state index is 11.4. The van der Waals surface area contributed by atoms with Gasteiger partial charge in [0.25, 0.3) is 0 Å². The summed E-state index contributed by atoms with van der Waals surface area (Å²) in [5.74, 6) is -0.397. The molecular weight excluding hydrogens is 212 g/mol. The molecule has 92 valence electrons. The first-order valence-corrected chi connectivity index (χ1v) is 6.50. The number of carbonyl (C=O) groups is 1. The summed E-state index contributed by atoms with van der Waals surface area (Å²) in [6, 6.07) is 4.22. The molecule has 17 heavy (non-hydrogen) atoms. The maximum atomic E-state index is 11.4. The lowest BCUT2D eigenvalue weighted by molar-refractivity contribution is -0.119. The molecule has 2 N–H and O–H groups in total. The van der Waals surface area contributed by atoms with Crippen molar-refractivity contribution < 1.29 is 4.79 Å². The molecule has 0 aliphatic heterocycles. The first kappa shape index (κ1) is 12.1. The minimum absolute atomic E-state index is 0.166. The van der Waals surface area contributed by atoms with E-state index in [0.717, 1.165) is 49.9 Å². The predicted molar refractivity (Wildman–Crippen MR) is 67.7 cm³/mol. The van der Waals surface area contributed by atoms with E-state index in [2.05, 4.69) is 24.0 Å². The van der Waals surface area contributed by atoms with Crippen molar-refractivity contribution in [1.29, 1.82) is 0 Å². The van der Waals surface area contributed by atoms with Gasteiger partial charge in [0, 0.05) is 5.69 Å². The Morgan fingerprint density at radius 2 is 2.35 bits per heavy atom. The summed E-state index contributed by atoms with van der Waals surface area (Å²) in [6.07, 6.45) is 6.23. The van der Waals surface area contributed by atoms with E-state index in [1.54, 1.807) is 0 Å². The molecule has 0 bridgehead atoms. The molecule has 0 saturated heterocycles. The van der Waals surface area contributed by atoms with Crippen molar-refractivity contribution >= 4 is 5.91 Å². The van der Waals surface area contributed by atoms with Gasteiger partial charge in [-0.15, -0.1) is 0 Å². The molecule has 1 aliphatic carbocycles. The van der Waals surface area contributed by atoms with Crippen LogP contribution in [0.15, 0.2) is 12.1 Å². The van der Waals surface area contributed by atoms with E-state index < -0.39 is 0 Å². The van der Waals surface area contributed by atoms with E-state index in [9.17, 15) is 4.79 Å². The molecule has 1 aromatic rings. The number of primary amides is 1. The Balaban J connectivity index is 2.27. The molecule has 1 aromatic heterocycles. The average Bonchev–Trinajstić information content (AvgIpc) is 2.35. The molecule has 1 atom stereocenters. The summed E-state index contributed by atoms with van der Waals surface area (Å²) >= 11 is 0. The van der Waals surface area contributed by atoms with Crippen LogP contribution in [0.3, 0.4) is 0 Å². The number of aryl methyl sites for hydroxylation is 2. The van der Waals surface area contributed by atoms with Gasteiger partial charge in [-0.2, -0.15) is 0 Å². The average molecular weight is 232 g/mol. The van der Waals surface area contributed by atoms with Crippen molar-refractivity contribution in [3.8, 4) is 0 Å². The summed E-state index contributed by atoms with van der Waals surface area (Å²) < 4.78 is 0. The highest BCUT2D eigenvalue weighted by molar-refractivity contribution is 5.82. The lowest BCUT2D eigenvalue weighted by Crippen LogP contribution is -2.26. The van der Waals surface area contributed by atoms with Gasteiger partial charge in [-0.25, -0.2) is 0 Å². The third-order valence-electron chi connectivity index (χ3n) is 3.47. The van der Waals surface area contributed by atoms with Crippen LogP contribution in [0.25, 0.3) is 0 Å². The largest absolute Gasteiger partial charge is 0.369 e. The number of pyridine rings is 1. The third kappa shape index (κ3) is 2.65. The Kier molecular flexibility index (Phi) is 3.77. The van der Waals surface area contributed by atoms with Gasteiger partial charge in [-0.1, -0.05) is 19.4 Å². The SMILES string of the molecule is CCCCc1ccc2c(n1)C(C(N)=O)CCC2. The summed E-state index contributed by atoms with van der Waals surface area (Å²) in [4.78, 5) is 16.1. The molecule has 1 amide bonds. The van der Waals surface area contributed by atoms with Crippen LogP contribution in [0.4, 0.5) is 0 Å². The molecule has 2 rings (SSSR count). The number of amides is 1. The number of rotatable bonds is 4. The normalized spacial score (nSPS) is 18.8. The quantitative estimate of drug-likeness (QED) is 0.866. The Hall–Kier alpha value is -1.38. The number of carbonyl (C=O) groups excluding carboxylic acids is 1. The topological polar surface area (TPSA) is 56.0 Å². The second-order valence-electron chi connectivity index (χ2n) is 4.80. The van der Waals surface area contributed by atoms with Gasteiger partial charge in [0.15, 0.2) is 0 Å². The zero-order valence-corrected chi connectivity index (χ0v) is 10.4. The fraction of sp³-hybridized carbons (Fsp3) is 0.571. The maximum Gasteiger partial charge on any atom is 0.226 e. The predicted octanol–water partition coefficient (Wildman–Crippen LogP) is 2.33. The molecule has 0 aromatic carbocycles. The molecule has 0 saturated carbocycles. The lowest BCUT2D eigenvalue weighted by Gasteiger charge is -2.22. The Morgan fingerprint density at radius 3 is 3.06 bits per heavy atom. The van der Waals surface area contributed by atoms with Crippen molar-refractivity contribution in [1.82, 2.24) is 4.98 Å². The highest BCUT2D eigenvalue weighted by Gasteiger charge is 2.26. The highest BCUT2D eigenvalue weighted by atomic mass is 16.1. The Morgan fingerprint density at radius 1 is 1.53 bits per heavy atom. The Bertz CT molecular complexity index is 415. The van der Waals surface area contributed by atoms with E-state index >= 15 is 0 Å². The summed E-state index contributed by atoms with van der Waals surface area (Å²) in [5.41, 5.74) is 8.70. The third-order valence-corrected chi connectivity index (χ3v) is 3.47. The van der Waals surface area contributed by atoms with Crippen LogP contribution in [-0.2, 0) is 17.6 Å². The first-order valence-electron chi connectivity index (χ1n) is 6.50. The van der Waals surface area contributed by atoms with E-state index in [0.29, 0.717) is 0 Å². The molecular formula is C14H20N2O. The second-order valence-corrected chi connectivity index (χ2v) is 4.80. The van der Waals surface area contributed by atoms with E-state index in [1.807, 2.05) is 0 Å². The van der Waals surface area contributed by atoms with Crippen LogP contribution in [-0.4, -0.2) is 10.9 Å². The van der Waals surface area contributed by atoms with Gasteiger partial charge in [-0.3, -0.25) is 9.78 Å². The van der Waals surface area contributed by atoms with Gasteiger partial charge in [0.2, 0.25) is 5.91 Å². The molecule has 0 fully saturated rings. The minimum Gasteiger partial charge on any atom is -0.369 e. The van der Waals surface area contributed by atoms with Gasteiger partial charge in [0.1, 0.15) is 0 Å². The number of unbranched alkanes of at least 4 members (excludes halogenated alkanes) is 1. The van der Waals surface area contributed by atoms with Gasteiger partial charge in [0.05, 0.1) is 11.6 Å². The summed E-state index contributed by atoms with van der Waals surface area (Å²) in [6.45, 7) is 2.17. The summed E-state index contributed by atoms with van der Waals surface area (Å²) in [5, 5.41) is 0. The van der Waals surface area contributed by atoms with Crippen LogP contribution in [0.5, 0.6) is 0 Å². The molecule has 0 radical (unpaired) electrons. The summed E-state index contributed by atoms with van der Waals surface area (Å²) in [7, 11) is 0. The first-order chi connectivity index (χ1) is 8.22. The van der Waals surface area contributed by atoms with Gasteiger partial charge in [-0.05, 0) is 43.7 Å². The monoisotopic (exact) mass is 232 g/mol. The number of nitrogens with zero attached hydrogens (tertiary/aromatic N) is 1. The van der Waals surface area contributed by atoms with Crippen molar-refractivity contribution in [3.05, 3.63) is 29.1 Å². The minimum atomic E-state index is -0.230. The number of nitrogens with two attached hydrogens (primary N) is 1. The van der Waals surface area contributed by atoms with Crippen LogP contribution in [0.1, 0.15) is 55.5 Å².